The first-order valence-corrected chi connectivity index (χ1v) is 5.81. The van der Waals surface area contributed by atoms with Gasteiger partial charge in [0.2, 0.25) is 0 Å². The van der Waals surface area contributed by atoms with Crippen molar-refractivity contribution in [2.45, 2.75) is 37.8 Å². The number of aromatic amines is 1. The lowest BCUT2D eigenvalue weighted by Crippen LogP contribution is -2.42. The summed E-state index contributed by atoms with van der Waals surface area (Å²) >= 11 is 5.87. The maximum absolute atomic E-state index is 11.2. The van der Waals surface area contributed by atoms with Gasteiger partial charge in [-0.3, -0.25) is 4.79 Å². The van der Waals surface area contributed by atoms with Crippen LogP contribution in [-0.2, 0) is 0 Å². The average Bonchev–Trinajstić information content (AvgIpc) is 2.28. The Labute approximate surface area is 98.4 Å². The molecular formula is C10H15ClN4O. The largest absolute Gasteiger partial charge is 0.378 e. The lowest BCUT2D eigenvalue weighted by Gasteiger charge is -2.30. The van der Waals surface area contributed by atoms with Crippen LogP contribution in [0.5, 0.6) is 0 Å². The number of nitrogens with zero attached hydrogens (tertiary/aromatic N) is 1. The molecule has 6 heteroatoms. The summed E-state index contributed by atoms with van der Waals surface area (Å²) in [6.45, 7) is 0. The number of aromatic nitrogens is 2. The third-order valence-electron chi connectivity index (χ3n) is 2.96. The molecule has 2 atom stereocenters. The Morgan fingerprint density at radius 1 is 1.50 bits per heavy atom. The zero-order valence-corrected chi connectivity index (χ0v) is 9.63. The highest BCUT2D eigenvalue weighted by atomic mass is 35.5. The van der Waals surface area contributed by atoms with Gasteiger partial charge in [-0.2, -0.15) is 5.10 Å². The highest BCUT2D eigenvalue weighted by Gasteiger charge is 2.22. The van der Waals surface area contributed by atoms with E-state index in [4.69, 9.17) is 17.3 Å². The maximum atomic E-state index is 11.2. The second-order valence-electron chi connectivity index (χ2n) is 4.13. The fourth-order valence-electron chi connectivity index (χ4n) is 2.02. The Balaban J connectivity index is 2.14. The Morgan fingerprint density at radius 3 is 3.00 bits per heavy atom. The molecule has 0 aromatic carbocycles. The summed E-state index contributed by atoms with van der Waals surface area (Å²) in [5.74, 6) is 0. The van der Waals surface area contributed by atoms with E-state index < -0.39 is 0 Å². The van der Waals surface area contributed by atoms with Crippen LogP contribution in [0.4, 0.5) is 5.69 Å². The van der Waals surface area contributed by atoms with Gasteiger partial charge in [0.25, 0.3) is 5.56 Å². The van der Waals surface area contributed by atoms with E-state index in [1.165, 1.54) is 12.6 Å². The molecule has 0 unspecified atom stereocenters. The summed E-state index contributed by atoms with van der Waals surface area (Å²) in [7, 11) is 0. The van der Waals surface area contributed by atoms with E-state index in [0.717, 1.165) is 19.3 Å². The van der Waals surface area contributed by atoms with Crippen molar-refractivity contribution in [3.05, 3.63) is 21.6 Å². The number of hydrogen-bond donors (Lipinski definition) is 3. The SMILES string of the molecule is N[C@@H]1CCCC[C@H]1Nc1cn[nH]c(=O)c1Cl. The molecule has 4 N–H and O–H groups in total. The minimum Gasteiger partial charge on any atom is -0.378 e. The maximum Gasteiger partial charge on any atom is 0.285 e. The molecule has 0 bridgehead atoms. The van der Waals surface area contributed by atoms with Crippen molar-refractivity contribution in [2.24, 2.45) is 5.73 Å². The number of nitrogens with two attached hydrogens (primary N) is 1. The summed E-state index contributed by atoms with van der Waals surface area (Å²) < 4.78 is 0. The average molecular weight is 243 g/mol. The van der Waals surface area contributed by atoms with Crippen molar-refractivity contribution >= 4 is 17.3 Å². The molecule has 0 amide bonds. The highest BCUT2D eigenvalue weighted by molar-refractivity contribution is 6.32. The Hall–Kier alpha value is -1.07. The quantitative estimate of drug-likeness (QED) is 0.725. The lowest BCUT2D eigenvalue weighted by atomic mass is 9.91. The highest BCUT2D eigenvalue weighted by Crippen LogP contribution is 2.23. The fourth-order valence-corrected chi connectivity index (χ4v) is 2.17. The molecule has 0 radical (unpaired) electrons. The summed E-state index contributed by atoms with van der Waals surface area (Å²) in [6.07, 6.45) is 5.85. The third-order valence-corrected chi connectivity index (χ3v) is 3.33. The van der Waals surface area contributed by atoms with Crippen molar-refractivity contribution < 1.29 is 0 Å². The third kappa shape index (κ3) is 2.36. The van der Waals surface area contributed by atoms with Gasteiger partial charge < -0.3 is 11.1 Å². The molecule has 0 aliphatic heterocycles. The molecule has 0 saturated heterocycles. The minimum absolute atomic E-state index is 0.115. The normalized spacial score (nSPS) is 25.4. The van der Waals surface area contributed by atoms with Gasteiger partial charge in [-0.25, -0.2) is 5.10 Å². The molecule has 1 saturated carbocycles. The summed E-state index contributed by atoms with van der Waals surface area (Å²) in [5.41, 5.74) is 6.19. The predicted molar refractivity (Wildman–Crippen MR) is 63.7 cm³/mol. The van der Waals surface area contributed by atoms with Crippen molar-refractivity contribution in [3.8, 4) is 0 Å². The van der Waals surface area contributed by atoms with Gasteiger partial charge in [0, 0.05) is 12.1 Å². The molecule has 5 nitrogen and oxygen atoms in total. The van der Waals surface area contributed by atoms with E-state index in [9.17, 15) is 4.79 Å². The smallest absolute Gasteiger partial charge is 0.285 e. The molecule has 2 rings (SSSR count). The van der Waals surface area contributed by atoms with Crippen LogP contribution in [-0.4, -0.2) is 22.3 Å². The van der Waals surface area contributed by atoms with Gasteiger partial charge in [0.15, 0.2) is 0 Å². The molecule has 88 valence electrons. The number of halogens is 1. The topological polar surface area (TPSA) is 83.8 Å². The van der Waals surface area contributed by atoms with Crippen LogP contribution >= 0.6 is 11.6 Å². The molecule has 1 aromatic heterocycles. The molecular weight excluding hydrogens is 228 g/mol. The lowest BCUT2D eigenvalue weighted by molar-refractivity contribution is 0.404. The van der Waals surface area contributed by atoms with E-state index in [2.05, 4.69) is 15.5 Å². The van der Waals surface area contributed by atoms with Gasteiger partial charge in [-0.05, 0) is 12.8 Å². The van der Waals surface area contributed by atoms with E-state index >= 15 is 0 Å². The van der Waals surface area contributed by atoms with Crippen molar-refractivity contribution in [3.63, 3.8) is 0 Å². The van der Waals surface area contributed by atoms with Gasteiger partial charge in [-0.1, -0.05) is 24.4 Å². The van der Waals surface area contributed by atoms with E-state index in [1.807, 2.05) is 0 Å². The number of hydrogen-bond acceptors (Lipinski definition) is 4. The first kappa shape index (κ1) is 11.4. The van der Waals surface area contributed by atoms with Crippen molar-refractivity contribution in [2.75, 3.05) is 5.32 Å². The second kappa shape index (κ2) is 4.84. The summed E-state index contributed by atoms with van der Waals surface area (Å²) in [4.78, 5) is 11.2. The Kier molecular flexibility index (Phi) is 3.46. The molecule has 1 heterocycles. The first-order chi connectivity index (χ1) is 7.68. The van der Waals surface area contributed by atoms with E-state index in [0.29, 0.717) is 5.69 Å². The van der Waals surface area contributed by atoms with Gasteiger partial charge >= 0.3 is 0 Å². The van der Waals surface area contributed by atoms with Crippen LogP contribution in [0.2, 0.25) is 5.02 Å². The second-order valence-corrected chi connectivity index (χ2v) is 4.50. The molecule has 1 fully saturated rings. The standard InChI is InChI=1S/C10H15ClN4O/c11-9-8(5-13-15-10(9)16)14-7-4-2-1-3-6(7)12/h5-7H,1-4,12H2,(H2,14,15,16)/t6-,7-/m1/s1. The van der Waals surface area contributed by atoms with Crippen LogP contribution in [0.15, 0.2) is 11.0 Å². The Bertz CT molecular complexity index is 420. The molecule has 16 heavy (non-hydrogen) atoms. The zero-order chi connectivity index (χ0) is 11.5. The fraction of sp³-hybridized carbons (Fsp3) is 0.600. The van der Waals surface area contributed by atoms with Gasteiger partial charge in [0.1, 0.15) is 5.02 Å². The zero-order valence-electron chi connectivity index (χ0n) is 8.87. The monoisotopic (exact) mass is 242 g/mol. The molecule has 1 aliphatic rings. The first-order valence-electron chi connectivity index (χ1n) is 5.44. The van der Waals surface area contributed by atoms with Crippen LogP contribution < -0.4 is 16.6 Å². The van der Waals surface area contributed by atoms with Crippen LogP contribution in [0.25, 0.3) is 0 Å². The summed E-state index contributed by atoms with van der Waals surface area (Å²) in [5, 5.41) is 9.34. The number of rotatable bonds is 2. The van der Waals surface area contributed by atoms with Crippen molar-refractivity contribution in [1.82, 2.24) is 10.2 Å². The molecule has 1 aliphatic carbocycles. The predicted octanol–water partition coefficient (Wildman–Crippen LogP) is 1.11. The van der Waals surface area contributed by atoms with Crippen LogP contribution in [0.3, 0.4) is 0 Å². The van der Waals surface area contributed by atoms with E-state index in [-0.39, 0.29) is 22.7 Å². The molecule has 1 aromatic rings. The summed E-state index contributed by atoms with van der Waals surface area (Å²) in [6, 6.07) is 0.291. The van der Waals surface area contributed by atoms with Crippen LogP contribution in [0.1, 0.15) is 25.7 Å². The minimum atomic E-state index is -0.379. The molecule has 0 spiro atoms. The number of anilines is 1. The van der Waals surface area contributed by atoms with Crippen LogP contribution in [0, 0.1) is 0 Å². The van der Waals surface area contributed by atoms with E-state index in [1.54, 1.807) is 0 Å². The number of nitrogens with one attached hydrogen (secondary N) is 2. The van der Waals surface area contributed by atoms with Crippen molar-refractivity contribution in [1.29, 1.82) is 0 Å². The Morgan fingerprint density at radius 2 is 2.25 bits per heavy atom. The van der Waals surface area contributed by atoms with Gasteiger partial charge in [0.05, 0.1) is 11.9 Å². The number of H-pyrrole nitrogens is 1. The van der Waals surface area contributed by atoms with Gasteiger partial charge in [-0.15, -0.1) is 0 Å².